The van der Waals surface area contributed by atoms with Crippen LogP contribution in [0.1, 0.15) is 95.2 Å². The van der Waals surface area contributed by atoms with Crippen LogP contribution in [0, 0.1) is 0 Å². The summed E-state index contributed by atoms with van der Waals surface area (Å²) in [5.74, 6) is 0.851. The molecule has 0 fully saturated rings. The van der Waals surface area contributed by atoms with Gasteiger partial charge in [0.2, 0.25) is 0 Å². The third kappa shape index (κ3) is 5.86. The van der Waals surface area contributed by atoms with Crippen LogP contribution in [0.3, 0.4) is 0 Å². The zero-order valence-electron chi connectivity index (χ0n) is 17.9. The van der Waals surface area contributed by atoms with E-state index in [0.29, 0.717) is 11.7 Å². The minimum atomic E-state index is 0.401. The largest absolute Gasteiger partial charge is 0.507 e. The molecule has 148 valence electrons. The van der Waals surface area contributed by atoms with Crippen molar-refractivity contribution in [3.8, 4) is 16.9 Å². The standard InChI is InChI=1S/C26H38O/c1-5-7-9-10-14-18-23-22(15-8-6-2)19-24(27)26(25(23)20(3)4)21-16-12-11-13-17-21/h11-13,16-17,19-20,27H,5-10,14-15,18H2,1-4H3. The Morgan fingerprint density at radius 3 is 2.11 bits per heavy atom. The monoisotopic (exact) mass is 366 g/mol. The molecule has 2 aromatic rings. The van der Waals surface area contributed by atoms with Crippen molar-refractivity contribution in [2.45, 2.75) is 91.4 Å². The fourth-order valence-electron chi connectivity index (χ4n) is 4.12. The lowest BCUT2D eigenvalue weighted by Gasteiger charge is -2.23. The maximum absolute atomic E-state index is 10.9. The summed E-state index contributed by atoms with van der Waals surface area (Å²) in [6.45, 7) is 9.05. The normalized spacial score (nSPS) is 11.3. The molecule has 27 heavy (non-hydrogen) atoms. The van der Waals surface area contributed by atoms with E-state index in [1.165, 1.54) is 61.6 Å². The van der Waals surface area contributed by atoms with Crippen LogP contribution in [0.15, 0.2) is 36.4 Å². The number of hydrogen-bond donors (Lipinski definition) is 1. The van der Waals surface area contributed by atoms with Crippen LogP contribution in [0.25, 0.3) is 11.1 Å². The molecule has 0 unspecified atom stereocenters. The molecule has 0 amide bonds. The highest BCUT2D eigenvalue weighted by atomic mass is 16.3. The SMILES string of the molecule is CCCCCCCc1c(CCCC)cc(O)c(-c2ccccc2)c1C(C)C. The first kappa shape index (κ1) is 21.5. The second kappa shape index (κ2) is 11.2. The minimum Gasteiger partial charge on any atom is -0.507 e. The number of aromatic hydroxyl groups is 1. The van der Waals surface area contributed by atoms with Crippen molar-refractivity contribution in [1.29, 1.82) is 0 Å². The van der Waals surface area contributed by atoms with Gasteiger partial charge >= 0.3 is 0 Å². The molecule has 0 radical (unpaired) electrons. The number of phenols is 1. The Kier molecular flexibility index (Phi) is 8.91. The van der Waals surface area contributed by atoms with E-state index in [1.807, 2.05) is 6.07 Å². The van der Waals surface area contributed by atoms with Gasteiger partial charge in [-0.05, 0) is 59.9 Å². The van der Waals surface area contributed by atoms with E-state index in [-0.39, 0.29) is 0 Å². The predicted molar refractivity (Wildman–Crippen MR) is 119 cm³/mol. The van der Waals surface area contributed by atoms with E-state index in [4.69, 9.17) is 0 Å². The average Bonchev–Trinajstić information content (AvgIpc) is 2.67. The molecule has 2 aromatic carbocycles. The van der Waals surface area contributed by atoms with E-state index < -0.39 is 0 Å². The van der Waals surface area contributed by atoms with Gasteiger partial charge in [-0.15, -0.1) is 0 Å². The molecule has 0 atom stereocenters. The van der Waals surface area contributed by atoms with Gasteiger partial charge in [-0.25, -0.2) is 0 Å². The average molecular weight is 367 g/mol. The molecule has 0 heterocycles. The molecule has 0 aliphatic heterocycles. The molecule has 2 rings (SSSR count). The molecule has 1 heteroatoms. The van der Waals surface area contributed by atoms with Gasteiger partial charge in [0.15, 0.2) is 0 Å². The number of phenolic OH excluding ortho intramolecular Hbond substituents is 1. The fourth-order valence-corrected chi connectivity index (χ4v) is 4.12. The number of unbranched alkanes of at least 4 members (excludes halogenated alkanes) is 5. The fraction of sp³-hybridized carbons (Fsp3) is 0.538. The van der Waals surface area contributed by atoms with Gasteiger partial charge in [0.1, 0.15) is 5.75 Å². The van der Waals surface area contributed by atoms with Gasteiger partial charge in [0.25, 0.3) is 0 Å². The lowest BCUT2D eigenvalue weighted by molar-refractivity contribution is 0.474. The number of hydrogen-bond acceptors (Lipinski definition) is 1. The highest BCUT2D eigenvalue weighted by Gasteiger charge is 2.20. The lowest BCUT2D eigenvalue weighted by atomic mass is 9.82. The van der Waals surface area contributed by atoms with Gasteiger partial charge in [0.05, 0.1) is 0 Å². The summed E-state index contributed by atoms with van der Waals surface area (Å²) in [6.07, 6.45) is 11.1. The van der Waals surface area contributed by atoms with Gasteiger partial charge < -0.3 is 5.11 Å². The molecule has 0 saturated heterocycles. The van der Waals surface area contributed by atoms with Crippen molar-refractivity contribution in [3.63, 3.8) is 0 Å². The van der Waals surface area contributed by atoms with Crippen LogP contribution in [0.2, 0.25) is 0 Å². The Labute approximate surface area is 166 Å². The summed E-state index contributed by atoms with van der Waals surface area (Å²) >= 11 is 0. The van der Waals surface area contributed by atoms with E-state index in [0.717, 1.165) is 24.0 Å². The number of benzene rings is 2. The molecule has 0 spiro atoms. The molecular weight excluding hydrogens is 328 g/mol. The van der Waals surface area contributed by atoms with Crippen LogP contribution < -0.4 is 0 Å². The first-order chi connectivity index (χ1) is 13.1. The molecule has 0 aliphatic carbocycles. The van der Waals surface area contributed by atoms with E-state index in [2.05, 4.69) is 58.0 Å². The van der Waals surface area contributed by atoms with Crippen molar-refractivity contribution >= 4 is 0 Å². The zero-order valence-corrected chi connectivity index (χ0v) is 17.9. The highest BCUT2D eigenvalue weighted by molar-refractivity contribution is 5.76. The topological polar surface area (TPSA) is 20.2 Å². The van der Waals surface area contributed by atoms with Crippen LogP contribution >= 0.6 is 0 Å². The summed E-state index contributed by atoms with van der Waals surface area (Å²) in [4.78, 5) is 0. The van der Waals surface area contributed by atoms with Crippen molar-refractivity contribution in [2.75, 3.05) is 0 Å². The van der Waals surface area contributed by atoms with Gasteiger partial charge in [-0.3, -0.25) is 0 Å². The summed E-state index contributed by atoms with van der Waals surface area (Å²) in [6, 6.07) is 12.5. The van der Waals surface area contributed by atoms with Crippen LogP contribution in [0.5, 0.6) is 5.75 Å². The Bertz CT molecular complexity index is 685. The lowest BCUT2D eigenvalue weighted by Crippen LogP contribution is -2.06. The third-order valence-corrected chi connectivity index (χ3v) is 5.52. The van der Waals surface area contributed by atoms with Crippen molar-refractivity contribution in [3.05, 3.63) is 53.1 Å². The molecule has 0 saturated carbocycles. The van der Waals surface area contributed by atoms with Crippen molar-refractivity contribution in [2.24, 2.45) is 0 Å². The highest BCUT2D eigenvalue weighted by Crippen LogP contribution is 2.41. The first-order valence-corrected chi connectivity index (χ1v) is 11.0. The van der Waals surface area contributed by atoms with Gasteiger partial charge in [-0.1, -0.05) is 90.1 Å². The van der Waals surface area contributed by atoms with Crippen LogP contribution in [0.4, 0.5) is 0 Å². The molecule has 0 aliphatic rings. The van der Waals surface area contributed by atoms with Crippen LogP contribution in [-0.4, -0.2) is 5.11 Å². The van der Waals surface area contributed by atoms with E-state index >= 15 is 0 Å². The second-order valence-corrected chi connectivity index (χ2v) is 8.11. The number of aryl methyl sites for hydroxylation is 1. The maximum Gasteiger partial charge on any atom is 0.123 e. The van der Waals surface area contributed by atoms with Gasteiger partial charge in [0, 0.05) is 5.56 Å². The van der Waals surface area contributed by atoms with Crippen LogP contribution in [-0.2, 0) is 12.8 Å². The first-order valence-electron chi connectivity index (χ1n) is 11.0. The third-order valence-electron chi connectivity index (χ3n) is 5.52. The molecule has 0 bridgehead atoms. The Balaban J connectivity index is 2.47. The summed E-state index contributed by atoms with van der Waals surface area (Å²) < 4.78 is 0. The Hall–Kier alpha value is -1.76. The van der Waals surface area contributed by atoms with E-state index in [9.17, 15) is 5.11 Å². The number of rotatable bonds is 11. The van der Waals surface area contributed by atoms with Crippen molar-refractivity contribution in [1.82, 2.24) is 0 Å². The minimum absolute atomic E-state index is 0.401. The van der Waals surface area contributed by atoms with Crippen molar-refractivity contribution < 1.29 is 5.11 Å². The van der Waals surface area contributed by atoms with Gasteiger partial charge in [-0.2, -0.15) is 0 Å². The Morgan fingerprint density at radius 2 is 1.48 bits per heavy atom. The Morgan fingerprint density at radius 1 is 0.815 bits per heavy atom. The predicted octanol–water partition coefficient (Wildman–Crippen LogP) is 8.04. The molecule has 1 nitrogen and oxygen atoms in total. The van der Waals surface area contributed by atoms with E-state index in [1.54, 1.807) is 0 Å². The summed E-state index contributed by atoms with van der Waals surface area (Å²) in [7, 11) is 0. The molecule has 1 N–H and O–H groups in total. The second-order valence-electron chi connectivity index (χ2n) is 8.11. The summed E-state index contributed by atoms with van der Waals surface area (Å²) in [5, 5.41) is 10.9. The molecular formula is C26H38O. The molecule has 0 aromatic heterocycles. The summed E-state index contributed by atoms with van der Waals surface area (Å²) in [5.41, 5.74) is 6.42. The maximum atomic E-state index is 10.9. The quantitative estimate of drug-likeness (QED) is 0.399. The smallest absolute Gasteiger partial charge is 0.123 e. The zero-order chi connectivity index (χ0) is 19.6.